The molecule has 19 heavy (non-hydrogen) atoms. The summed E-state index contributed by atoms with van der Waals surface area (Å²) in [5.74, 6) is -1.50. The maximum Gasteiger partial charge on any atom is 0.166 e. The Balaban J connectivity index is 2.20. The molecule has 0 aliphatic carbocycles. The summed E-state index contributed by atoms with van der Waals surface area (Å²) in [5.41, 5.74) is 3.59. The van der Waals surface area contributed by atoms with E-state index in [2.05, 4.69) is 5.32 Å². The van der Waals surface area contributed by atoms with E-state index >= 15 is 0 Å². The third kappa shape index (κ3) is 1.99. The van der Waals surface area contributed by atoms with Crippen LogP contribution in [0.3, 0.4) is 0 Å². The molecule has 0 saturated heterocycles. The minimum Gasteiger partial charge on any atom is -0.385 e. The Morgan fingerprint density at radius 3 is 2.68 bits per heavy atom. The fourth-order valence-corrected chi connectivity index (χ4v) is 2.62. The molecule has 0 amide bonds. The lowest BCUT2D eigenvalue weighted by atomic mass is 9.92. The lowest BCUT2D eigenvalue weighted by molar-refractivity contribution is 0.505. The van der Waals surface area contributed by atoms with Gasteiger partial charge in [0.2, 0.25) is 0 Å². The van der Waals surface area contributed by atoms with Crippen LogP contribution in [0.2, 0.25) is 0 Å². The molecular weight excluding hydrogens is 244 g/mol. The Hall–Kier alpha value is -1.90. The first kappa shape index (κ1) is 12.2. The predicted molar refractivity (Wildman–Crippen MR) is 73.3 cm³/mol. The Morgan fingerprint density at radius 2 is 1.84 bits per heavy atom. The van der Waals surface area contributed by atoms with E-state index in [0.29, 0.717) is 11.1 Å². The smallest absolute Gasteiger partial charge is 0.166 e. The molecule has 2 aromatic rings. The number of nitrogens with one attached hydrogen (secondary N) is 1. The van der Waals surface area contributed by atoms with Crippen LogP contribution in [0.1, 0.15) is 17.5 Å². The van der Waals surface area contributed by atoms with E-state index in [1.807, 2.05) is 18.2 Å². The largest absolute Gasteiger partial charge is 0.385 e. The van der Waals surface area contributed by atoms with Crippen LogP contribution in [-0.4, -0.2) is 6.54 Å². The van der Waals surface area contributed by atoms with Crippen LogP contribution >= 0.6 is 0 Å². The van der Waals surface area contributed by atoms with Gasteiger partial charge in [0.1, 0.15) is 0 Å². The standard InChI is InChI=1S/C16H15F2N/c1-10-7-8-13(16(18)15(10)17)11-4-2-6-14-12(11)5-3-9-19-14/h2,4,6-8,19H,3,5,9H2,1H3. The molecule has 3 rings (SSSR count). The van der Waals surface area contributed by atoms with Crippen molar-refractivity contribution in [2.45, 2.75) is 19.8 Å². The molecule has 98 valence electrons. The van der Waals surface area contributed by atoms with E-state index < -0.39 is 11.6 Å². The molecule has 0 fully saturated rings. The number of fused-ring (bicyclic) bond motifs is 1. The first-order valence-electron chi connectivity index (χ1n) is 6.49. The number of benzene rings is 2. The SMILES string of the molecule is Cc1ccc(-c2cccc3c2CCCN3)c(F)c1F. The maximum absolute atomic E-state index is 14.1. The highest BCUT2D eigenvalue weighted by atomic mass is 19.2. The molecule has 1 aliphatic rings. The number of rotatable bonds is 1. The number of aryl methyl sites for hydroxylation is 1. The molecule has 2 aromatic carbocycles. The third-order valence-corrected chi connectivity index (χ3v) is 3.66. The second kappa shape index (κ2) is 4.65. The first-order chi connectivity index (χ1) is 9.18. The van der Waals surface area contributed by atoms with Crippen molar-refractivity contribution >= 4 is 5.69 Å². The molecule has 0 saturated carbocycles. The third-order valence-electron chi connectivity index (χ3n) is 3.66. The van der Waals surface area contributed by atoms with Crippen LogP contribution in [0.25, 0.3) is 11.1 Å². The second-order valence-corrected chi connectivity index (χ2v) is 4.92. The van der Waals surface area contributed by atoms with E-state index in [0.717, 1.165) is 36.2 Å². The van der Waals surface area contributed by atoms with Crippen LogP contribution in [0.4, 0.5) is 14.5 Å². The normalized spacial score (nSPS) is 13.8. The van der Waals surface area contributed by atoms with E-state index in [-0.39, 0.29) is 0 Å². The van der Waals surface area contributed by atoms with Crippen molar-refractivity contribution in [3.63, 3.8) is 0 Å². The highest BCUT2D eigenvalue weighted by Crippen LogP contribution is 2.34. The van der Waals surface area contributed by atoms with Crippen molar-refractivity contribution in [2.24, 2.45) is 0 Å². The summed E-state index contributed by atoms with van der Waals surface area (Å²) >= 11 is 0. The Bertz CT molecular complexity index is 635. The number of halogens is 2. The molecule has 0 unspecified atom stereocenters. The van der Waals surface area contributed by atoms with Gasteiger partial charge in [-0.15, -0.1) is 0 Å². The monoisotopic (exact) mass is 259 g/mol. The van der Waals surface area contributed by atoms with E-state index in [1.54, 1.807) is 19.1 Å². The van der Waals surface area contributed by atoms with Crippen LogP contribution in [0, 0.1) is 18.6 Å². The van der Waals surface area contributed by atoms with E-state index in [4.69, 9.17) is 0 Å². The molecule has 0 atom stereocenters. The van der Waals surface area contributed by atoms with Crippen molar-refractivity contribution in [1.82, 2.24) is 0 Å². The van der Waals surface area contributed by atoms with Gasteiger partial charge < -0.3 is 5.32 Å². The van der Waals surface area contributed by atoms with Gasteiger partial charge in [0.25, 0.3) is 0 Å². The summed E-state index contributed by atoms with van der Waals surface area (Å²) in [6.07, 6.45) is 1.91. The van der Waals surface area contributed by atoms with E-state index in [9.17, 15) is 8.78 Å². The van der Waals surface area contributed by atoms with Gasteiger partial charge in [-0.05, 0) is 42.5 Å². The fraction of sp³-hybridized carbons (Fsp3) is 0.250. The molecule has 0 spiro atoms. The molecular formula is C16H15F2N. The highest BCUT2D eigenvalue weighted by Gasteiger charge is 2.18. The molecule has 3 heteroatoms. The van der Waals surface area contributed by atoms with Crippen LogP contribution in [0.15, 0.2) is 30.3 Å². The molecule has 1 heterocycles. The average molecular weight is 259 g/mol. The Kier molecular flexibility index (Phi) is 2.97. The Labute approximate surface area is 111 Å². The lowest BCUT2D eigenvalue weighted by Crippen LogP contribution is -2.12. The first-order valence-corrected chi connectivity index (χ1v) is 6.49. The molecule has 1 nitrogen and oxygen atoms in total. The van der Waals surface area contributed by atoms with Gasteiger partial charge >= 0.3 is 0 Å². The van der Waals surface area contributed by atoms with Gasteiger partial charge in [0.05, 0.1) is 0 Å². The summed E-state index contributed by atoms with van der Waals surface area (Å²) in [5, 5.41) is 3.30. The molecule has 1 aliphatic heterocycles. The lowest BCUT2D eigenvalue weighted by Gasteiger charge is -2.21. The van der Waals surface area contributed by atoms with Crippen molar-refractivity contribution in [2.75, 3.05) is 11.9 Å². The molecule has 0 bridgehead atoms. The van der Waals surface area contributed by atoms with Gasteiger partial charge in [-0.3, -0.25) is 0 Å². The minimum atomic E-state index is -0.751. The maximum atomic E-state index is 14.1. The zero-order valence-electron chi connectivity index (χ0n) is 10.8. The predicted octanol–water partition coefficient (Wildman–Crippen LogP) is 4.30. The number of hydrogen-bond acceptors (Lipinski definition) is 1. The van der Waals surface area contributed by atoms with Crippen LogP contribution in [-0.2, 0) is 6.42 Å². The van der Waals surface area contributed by atoms with Gasteiger partial charge in [0, 0.05) is 17.8 Å². The summed E-state index contributed by atoms with van der Waals surface area (Å²) in [6.45, 7) is 2.51. The topological polar surface area (TPSA) is 12.0 Å². The minimum absolute atomic E-state index is 0.337. The van der Waals surface area contributed by atoms with Crippen LogP contribution in [0.5, 0.6) is 0 Å². The number of anilines is 1. The summed E-state index contributed by atoms with van der Waals surface area (Å²) in [7, 11) is 0. The Morgan fingerprint density at radius 1 is 1.00 bits per heavy atom. The zero-order chi connectivity index (χ0) is 13.4. The average Bonchev–Trinajstić information content (AvgIpc) is 2.45. The highest BCUT2D eigenvalue weighted by molar-refractivity contribution is 5.75. The van der Waals surface area contributed by atoms with Crippen molar-refractivity contribution in [3.05, 3.63) is 53.1 Å². The van der Waals surface area contributed by atoms with Gasteiger partial charge in [-0.2, -0.15) is 0 Å². The second-order valence-electron chi connectivity index (χ2n) is 4.92. The molecule has 1 N–H and O–H groups in total. The quantitative estimate of drug-likeness (QED) is 0.805. The molecule has 0 aromatic heterocycles. The van der Waals surface area contributed by atoms with E-state index in [1.165, 1.54) is 0 Å². The van der Waals surface area contributed by atoms with Gasteiger partial charge in [-0.1, -0.05) is 24.3 Å². The van der Waals surface area contributed by atoms with Crippen LogP contribution < -0.4 is 5.32 Å². The summed E-state index contributed by atoms with van der Waals surface area (Å²) in [6, 6.07) is 9.02. The summed E-state index contributed by atoms with van der Waals surface area (Å²) < 4.78 is 27.8. The van der Waals surface area contributed by atoms with Gasteiger partial charge in [-0.25, -0.2) is 8.78 Å². The van der Waals surface area contributed by atoms with Crippen molar-refractivity contribution in [3.8, 4) is 11.1 Å². The summed E-state index contributed by atoms with van der Waals surface area (Å²) in [4.78, 5) is 0. The van der Waals surface area contributed by atoms with Crippen molar-refractivity contribution in [1.29, 1.82) is 0 Å². The van der Waals surface area contributed by atoms with Crippen molar-refractivity contribution < 1.29 is 8.78 Å². The molecule has 0 radical (unpaired) electrons. The van der Waals surface area contributed by atoms with Gasteiger partial charge in [0.15, 0.2) is 11.6 Å². The number of hydrogen-bond donors (Lipinski definition) is 1. The fourth-order valence-electron chi connectivity index (χ4n) is 2.62. The zero-order valence-corrected chi connectivity index (χ0v) is 10.8.